The Kier molecular flexibility index (Phi) is 3.09. The third kappa shape index (κ3) is 2.29. The average Bonchev–Trinajstić information content (AvgIpc) is 2.45. The van der Waals surface area contributed by atoms with Crippen molar-refractivity contribution in [3.05, 3.63) is 28.5 Å². The van der Waals surface area contributed by atoms with Crippen molar-refractivity contribution in [2.45, 2.75) is 32.1 Å². The maximum atomic E-state index is 5.06. The van der Waals surface area contributed by atoms with Gasteiger partial charge in [-0.15, -0.1) is 0 Å². The van der Waals surface area contributed by atoms with Crippen LogP contribution in [0, 0.1) is 4.64 Å². The van der Waals surface area contributed by atoms with Crippen molar-refractivity contribution in [3.63, 3.8) is 0 Å². The standard InChI is InChI=1S/C11H14N2S/c14-11-7-10(8-12-13-11)9-5-3-1-2-4-6-9/h5,7-8H,1-4,6H2,(H,13,14). The molecule has 0 amide bonds. The molecular formula is C11H14N2S. The van der Waals surface area contributed by atoms with Crippen LogP contribution in [0.1, 0.15) is 37.7 Å². The van der Waals surface area contributed by atoms with Gasteiger partial charge < -0.3 is 0 Å². The summed E-state index contributed by atoms with van der Waals surface area (Å²) < 4.78 is 0.715. The predicted octanol–water partition coefficient (Wildman–Crippen LogP) is 3.49. The number of nitrogens with one attached hydrogen (secondary N) is 1. The molecule has 74 valence electrons. The largest absolute Gasteiger partial charge is 0.268 e. The van der Waals surface area contributed by atoms with Gasteiger partial charge in [0.05, 0.1) is 6.20 Å². The lowest BCUT2D eigenvalue weighted by molar-refractivity contribution is 0.720. The van der Waals surface area contributed by atoms with E-state index in [2.05, 4.69) is 16.3 Å². The lowest BCUT2D eigenvalue weighted by atomic mass is 10.0. The van der Waals surface area contributed by atoms with Crippen molar-refractivity contribution in [2.24, 2.45) is 0 Å². The van der Waals surface area contributed by atoms with Gasteiger partial charge in [0.25, 0.3) is 0 Å². The number of rotatable bonds is 1. The number of nitrogens with zero attached hydrogens (tertiary/aromatic N) is 1. The monoisotopic (exact) mass is 206 g/mol. The second-order valence-electron chi connectivity index (χ2n) is 3.66. The van der Waals surface area contributed by atoms with Crippen LogP contribution >= 0.6 is 12.2 Å². The number of aromatic nitrogens is 2. The summed E-state index contributed by atoms with van der Waals surface area (Å²) in [6.07, 6.45) is 10.5. The van der Waals surface area contributed by atoms with Crippen molar-refractivity contribution in [1.82, 2.24) is 10.2 Å². The lowest BCUT2D eigenvalue weighted by Gasteiger charge is -2.03. The van der Waals surface area contributed by atoms with E-state index < -0.39 is 0 Å². The highest BCUT2D eigenvalue weighted by Gasteiger charge is 2.05. The molecule has 0 atom stereocenters. The molecule has 0 unspecified atom stereocenters. The first kappa shape index (κ1) is 9.59. The van der Waals surface area contributed by atoms with Gasteiger partial charge in [0, 0.05) is 5.56 Å². The Morgan fingerprint density at radius 1 is 1.29 bits per heavy atom. The molecule has 2 nitrogen and oxygen atoms in total. The van der Waals surface area contributed by atoms with Crippen LogP contribution in [-0.2, 0) is 0 Å². The zero-order chi connectivity index (χ0) is 9.80. The minimum atomic E-state index is 0.715. The van der Waals surface area contributed by atoms with Gasteiger partial charge in [0.1, 0.15) is 4.64 Å². The van der Waals surface area contributed by atoms with E-state index in [1.165, 1.54) is 43.2 Å². The zero-order valence-corrected chi connectivity index (χ0v) is 8.94. The smallest absolute Gasteiger partial charge is 0.120 e. The maximum Gasteiger partial charge on any atom is 0.120 e. The van der Waals surface area contributed by atoms with Crippen LogP contribution in [0.3, 0.4) is 0 Å². The van der Waals surface area contributed by atoms with Crippen LogP contribution in [0.15, 0.2) is 18.3 Å². The number of allylic oxidation sites excluding steroid dienone is 2. The van der Waals surface area contributed by atoms with Crippen LogP contribution in [0.2, 0.25) is 0 Å². The number of hydrogen-bond acceptors (Lipinski definition) is 2. The summed E-state index contributed by atoms with van der Waals surface area (Å²) in [5.74, 6) is 0. The number of aromatic amines is 1. The molecule has 0 fully saturated rings. The first-order chi connectivity index (χ1) is 6.86. The highest BCUT2D eigenvalue weighted by Crippen LogP contribution is 2.24. The minimum absolute atomic E-state index is 0.715. The van der Waals surface area contributed by atoms with Crippen molar-refractivity contribution in [3.8, 4) is 0 Å². The molecule has 2 rings (SSSR count). The topological polar surface area (TPSA) is 28.7 Å². The van der Waals surface area contributed by atoms with Crippen LogP contribution in [-0.4, -0.2) is 10.2 Å². The molecule has 1 aliphatic carbocycles. The van der Waals surface area contributed by atoms with Gasteiger partial charge in [-0.2, -0.15) is 5.10 Å². The van der Waals surface area contributed by atoms with Crippen LogP contribution < -0.4 is 0 Å². The van der Waals surface area contributed by atoms with E-state index in [4.69, 9.17) is 12.2 Å². The molecule has 1 heterocycles. The van der Waals surface area contributed by atoms with Crippen molar-refractivity contribution < 1.29 is 0 Å². The molecule has 1 aromatic rings. The van der Waals surface area contributed by atoms with E-state index in [1.54, 1.807) is 0 Å². The highest BCUT2D eigenvalue weighted by atomic mass is 32.1. The summed E-state index contributed by atoms with van der Waals surface area (Å²) in [5.41, 5.74) is 2.60. The molecule has 0 bridgehead atoms. The average molecular weight is 206 g/mol. The fourth-order valence-corrected chi connectivity index (χ4v) is 2.01. The van der Waals surface area contributed by atoms with Crippen molar-refractivity contribution >= 4 is 17.8 Å². The second kappa shape index (κ2) is 4.51. The molecule has 0 spiro atoms. The molecule has 0 aliphatic heterocycles. The van der Waals surface area contributed by atoms with Gasteiger partial charge in [-0.25, -0.2) is 0 Å². The van der Waals surface area contributed by atoms with Crippen molar-refractivity contribution in [2.75, 3.05) is 0 Å². The molecule has 14 heavy (non-hydrogen) atoms. The Labute approximate surface area is 89.1 Å². The summed E-state index contributed by atoms with van der Waals surface area (Å²) in [6.45, 7) is 0. The van der Waals surface area contributed by atoms with E-state index in [0.717, 1.165) is 0 Å². The molecule has 0 saturated heterocycles. The Hall–Kier alpha value is -0.960. The Morgan fingerprint density at radius 2 is 2.21 bits per heavy atom. The third-order valence-corrected chi connectivity index (χ3v) is 2.79. The molecular weight excluding hydrogens is 192 g/mol. The zero-order valence-electron chi connectivity index (χ0n) is 8.12. The number of hydrogen-bond donors (Lipinski definition) is 1. The predicted molar refractivity (Wildman–Crippen MR) is 60.5 cm³/mol. The quantitative estimate of drug-likeness (QED) is 0.712. The maximum absolute atomic E-state index is 5.06. The fraction of sp³-hybridized carbons (Fsp3) is 0.455. The Bertz CT molecular complexity index is 392. The summed E-state index contributed by atoms with van der Waals surface area (Å²) in [7, 11) is 0. The molecule has 0 saturated carbocycles. The van der Waals surface area contributed by atoms with Gasteiger partial charge in [0.15, 0.2) is 0 Å². The first-order valence-electron chi connectivity index (χ1n) is 5.10. The van der Waals surface area contributed by atoms with Gasteiger partial charge in [-0.1, -0.05) is 24.7 Å². The van der Waals surface area contributed by atoms with Crippen LogP contribution in [0.25, 0.3) is 5.57 Å². The second-order valence-corrected chi connectivity index (χ2v) is 4.10. The lowest BCUT2D eigenvalue weighted by Crippen LogP contribution is -1.88. The van der Waals surface area contributed by atoms with Gasteiger partial charge >= 0.3 is 0 Å². The van der Waals surface area contributed by atoms with Crippen LogP contribution in [0.4, 0.5) is 0 Å². The van der Waals surface area contributed by atoms with E-state index in [1.807, 2.05) is 12.3 Å². The van der Waals surface area contributed by atoms with Gasteiger partial charge in [0.2, 0.25) is 0 Å². The molecule has 3 heteroatoms. The fourth-order valence-electron chi connectivity index (χ4n) is 1.83. The van der Waals surface area contributed by atoms with E-state index in [0.29, 0.717) is 4.64 Å². The number of H-pyrrole nitrogens is 1. The van der Waals surface area contributed by atoms with E-state index in [9.17, 15) is 0 Å². The summed E-state index contributed by atoms with van der Waals surface area (Å²) in [6, 6.07) is 2.00. The highest BCUT2D eigenvalue weighted by molar-refractivity contribution is 7.71. The first-order valence-corrected chi connectivity index (χ1v) is 5.51. The summed E-state index contributed by atoms with van der Waals surface area (Å²) in [5, 5.41) is 6.78. The molecule has 1 aromatic heterocycles. The van der Waals surface area contributed by atoms with Gasteiger partial charge in [-0.05, 0) is 37.3 Å². The SMILES string of the molecule is S=c1cc(C2=CCCCCC2)cn[nH]1. The van der Waals surface area contributed by atoms with Crippen LogP contribution in [0.5, 0.6) is 0 Å². The van der Waals surface area contributed by atoms with E-state index >= 15 is 0 Å². The Morgan fingerprint density at radius 3 is 3.07 bits per heavy atom. The van der Waals surface area contributed by atoms with Crippen molar-refractivity contribution in [1.29, 1.82) is 0 Å². The third-order valence-electron chi connectivity index (χ3n) is 2.58. The molecule has 1 aliphatic rings. The molecule has 1 N–H and O–H groups in total. The summed E-state index contributed by atoms with van der Waals surface area (Å²) in [4.78, 5) is 0. The van der Waals surface area contributed by atoms with Gasteiger partial charge in [-0.3, -0.25) is 5.10 Å². The minimum Gasteiger partial charge on any atom is -0.268 e. The Balaban J connectivity index is 2.29. The van der Waals surface area contributed by atoms with E-state index in [-0.39, 0.29) is 0 Å². The molecule has 0 radical (unpaired) electrons. The normalized spacial score (nSPS) is 17.3. The summed E-state index contributed by atoms with van der Waals surface area (Å²) >= 11 is 5.06. The molecule has 0 aromatic carbocycles.